The number of benzene rings is 1. The number of nitrogens with zero attached hydrogens (tertiary/aromatic N) is 2. The van der Waals surface area contributed by atoms with Crippen LogP contribution in [0.5, 0.6) is 11.5 Å². The predicted molar refractivity (Wildman–Crippen MR) is 95.5 cm³/mol. The van der Waals surface area contributed by atoms with E-state index in [1.807, 2.05) is 23.9 Å². The molecule has 2 aliphatic heterocycles. The topological polar surface area (TPSA) is 46.1 Å². The van der Waals surface area contributed by atoms with Crippen LogP contribution >= 0.6 is 11.8 Å². The van der Waals surface area contributed by atoms with Crippen LogP contribution in [0.2, 0.25) is 0 Å². The van der Waals surface area contributed by atoms with E-state index < -0.39 is 0 Å². The van der Waals surface area contributed by atoms with Gasteiger partial charge in [0.25, 0.3) is 0 Å². The molecule has 0 spiro atoms. The number of nitrogens with one attached hydrogen (secondary N) is 1. The second-order valence-corrected chi connectivity index (χ2v) is 8.19. The highest BCUT2D eigenvalue weighted by Gasteiger charge is 2.28. The second kappa shape index (κ2) is 6.91. The monoisotopic (exact) mass is 335 g/mol. The summed E-state index contributed by atoms with van der Waals surface area (Å²) in [4.78, 5) is 7.19. The highest BCUT2D eigenvalue weighted by atomic mass is 32.2. The van der Waals surface area contributed by atoms with E-state index >= 15 is 0 Å². The van der Waals surface area contributed by atoms with Crippen LogP contribution in [-0.2, 0) is 6.54 Å². The maximum absolute atomic E-state index is 5.44. The van der Waals surface area contributed by atoms with Gasteiger partial charge in [0.2, 0.25) is 6.79 Å². The second-order valence-electron chi connectivity index (χ2n) is 6.39. The lowest BCUT2D eigenvalue weighted by Gasteiger charge is -2.39. The molecule has 0 amide bonds. The molecule has 0 saturated carbocycles. The average Bonchev–Trinajstić information content (AvgIpc) is 2.98. The Balaban J connectivity index is 1.71. The standard InChI is InChI=1S/C17H25N3O2S/c1-4-18-16(20-7-8-23-17(2,3)11-20)19-10-13-5-6-14-15(9-13)22-12-21-14/h5-6,9H,4,7-8,10-12H2,1-3H3,(H,18,19). The summed E-state index contributed by atoms with van der Waals surface area (Å²) in [6.07, 6.45) is 0. The van der Waals surface area contributed by atoms with Gasteiger partial charge in [0.1, 0.15) is 0 Å². The van der Waals surface area contributed by atoms with Crippen molar-refractivity contribution < 1.29 is 9.47 Å². The Kier molecular flexibility index (Phi) is 4.90. The molecule has 1 fully saturated rings. The molecular formula is C17H25N3O2S. The maximum atomic E-state index is 5.44. The molecule has 3 rings (SSSR count). The van der Waals surface area contributed by atoms with E-state index in [0.717, 1.165) is 48.4 Å². The molecule has 23 heavy (non-hydrogen) atoms. The molecule has 1 saturated heterocycles. The van der Waals surface area contributed by atoms with E-state index in [-0.39, 0.29) is 4.75 Å². The zero-order valence-corrected chi connectivity index (χ0v) is 14.9. The SMILES string of the molecule is CCNC(=NCc1ccc2c(c1)OCO2)N1CCSC(C)(C)C1. The van der Waals surface area contributed by atoms with E-state index in [4.69, 9.17) is 14.5 Å². The Morgan fingerprint density at radius 2 is 2.17 bits per heavy atom. The van der Waals surface area contributed by atoms with Crippen molar-refractivity contribution in [1.82, 2.24) is 10.2 Å². The zero-order chi connectivity index (χ0) is 16.3. The van der Waals surface area contributed by atoms with Crippen LogP contribution in [0.25, 0.3) is 0 Å². The number of aliphatic imine (C=N–C) groups is 1. The Hall–Kier alpha value is -1.56. The number of rotatable bonds is 3. The Labute approximate surface area is 142 Å². The first-order valence-electron chi connectivity index (χ1n) is 8.13. The van der Waals surface area contributed by atoms with Gasteiger partial charge >= 0.3 is 0 Å². The summed E-state index contributed by atoms with van der Waals surface area (Å²) in [5, 5.41) is 3.42. The van der Waals surface area contributed by atoms with Gasteiger partial charge in [0.15, 0.2) is 17.5 Å². The highest BCUT2D eigenvalue weighted by Crippen LogP contribution is 2.33. The number of fused-ring (bicyclic) bond motifs is 1. The normalized spacial score (nSPS) is 19.8. The summed E-state index contributed by atoms with van der Waals surface area (Å²) in [5.74, 6) is 3.78. The van der Waals surface area contributed by atoms with Crippen LogP contribution in [0.4, 0.5) is 0 Å². The van der Waals surface area contributed by atoms with Gasteiger partial charge in [0, 0.05) is 30.1 Å². The van der Waals surface area contributed by atoms with Crippen molar-refractivity contribution in [1.29, 1.82) is 0 Å². The third-order valence-corrected chi connectivity index (χ3v) is 5.21. The Morgan fingerprint density at radius 3 is 2.96 bits per heavy atom. The molecule has 0 aliphatic carbocycles. The number of hydrogen-bond donors (Lipinski definition) is 1. The van der Waals surface area contributed by atoms with Gasteiger partial charge in [-0.3, -0.25) is 0 Å². The van der Waals surface area contributed by atoms with Crippen LogP contribution in [-0.4, -0.2) is 47.8 Å². The van der Waals surface area contributed by atoms with Gasteiger partial charge < -0.3 is 19.7 Å². The summed E-state index contributed by atoms with van der Waals surface area (Å²) < 4.78 is 11.1. The minimum absolute atomic E-state index is 0.271. The van der Waals surface area contributed by atoms with Crippen LogP contribution in [0.1, 0.15) is 26.3 Å². The van der Waals surface area contributed by atoms with Crippen molar-refractivity contribution >= 4 is 17.7 Å². The van der Waals surface area contributed by atoms with Gasteiger partial charge in [-0.1, -0.05) is 6.07 Å². The molecular weight excluding hydrogens is 310 g/mol. The molecule has 2 aliphatic rings. The molecule has 0 unspecified atom stereocenters. The molecule has 6 heteroatoms. The summed E-state index contributed by atoms with van der Waals surface area (Å²) >= 11 is 2.03. The fourth-order valence-corrected chi connectivity index (χ4v) is 3.94. The summed E-state index contributed by atoms with van der Waals surface area (Å²) in [7, 11) is 0. The lowest BCUT2D eigenvalue weighted by atomic mass is 10.2. The Morgan fingerprint density at radius 1 is 1.35 bits per heavy atom. The van der Waals surface area contributed by atoms with Crippen molar-refractivity contribution in [3.05, 3.63) is 23.8 Å². The van der Waals surface area contributed by atoms with Gasteiger partial charge in [-0.05, 0) is 38.5 Å². The molecule has 1 N–H and O–H groups in total. The molecule has 126 valence electrons. The molecule has 0 radical (unpaired) electrons. The lowest BCUT2D eigenvalue weighted by Crippen LogP contribution is -2.50. The van der Waals surface area contributed by atoms with E-state index in [0.29, 0.717) is 13.3 Å². The largest absolute Gasteiger partial charge is 0.454 e. The molecule has 0 bridgehead atoms. The molecule has 1 aromatic rings. The van der Waals surface area contributed by atoms with Crippen molar-refractivity contribution in [2.45, 2.75) is 32.1 Å². The van der Waals surface area contributed by atoms with E-state index in [2.05, 4.69) is 37.1 Å². The Bertz CT molecular complexity index is 589. The van der Waals surface area contributed by atoms with Crippen LogP contribution in [0.15, 0.2) is 23.2 Å². The van der Waals surface area contributed by atoms with Gasteiger partial charge in [0.05, 0.1) is 6.54 Å². The number of guanidine groups is 1. The third kappa shape index (κ3) is 4.05. The molecule has 1 aromatic carbocycles. The van der Waals surface area contributed by atoms with Crippen molar-refractivity contribution in [2.75, 3.05) is 32.2 Å². The molecule has 5 nitrogen and oxygen atoms in total. The molecule has 0 atom stereocenters. The fourth-order valence-electron chi connectivity index (χ4n) is 2.83. The number of ether oxygens (including phenoxy) is 2. The van der Waals surface area contributed by atoms with Gasteiger partial charge in [-0.2, -0.15) is 11.8 Å². The first-order chi connectivity index (χ1) is 11.1. The minimum Gasteiger partial charge on any atom is -0.454 e. The first-order valence-corrected chi connectivity index (χ1v) is 9.12. The smallest absolute Gasteiger partial charge is 0.231 e. The number of thioether (sulfide) groups is 1. The van der Waals surface area contributed by atoms with Crippen LogP contribution < -0.4 is 14.8 Å². The maximum Gasteiger partial charge on any atom is 0.231 e. The minimum atomic E-state index is 0.271. The van der Waals surface area contributed by atoms with E-state index in [1.54, 1.807) is 0 Å². The van der Waals surface area contributed by atoms with Crippen LogP contribution in [0, 0.1) is 0 Å². The molecule has 2 heterocycles. The van der Waals surface area contributed by atoms with Crippen molar-refractivity contribution in [3.8, 4) is 11.5 Å². The van der Waals surface area contributed by atoms with E-state index in [9.17, 15) is 0 Å². The summed E-state index contributed by atoms with van der Waals surface area (Å²) in [6.45, 7) is 10.6. The summed E-state index contributed by atoms with van der Waals surface area (Å²) in [5.41, 5.74) is 1.13. The predicted octanol–water partition coefficient (Wildman–Crippen LogP) is 2.71. The van der Waals surface area contributed by atoms with Crippen molar-refractivity contribution in [3.63, 3.8) is 0 Å². The zero-order valence-electron chi connectivity index (χ0n) is 14.1. The summed E-state index contributed by atoms with van der Waals surface area (Å²) in [6, 6.07) is 6.03. The lowest BCUT2D eigenvalue weighted by molar-refractivity contribution is 0.174. The average molecular weight is 335 g/mol. The number of hydrogen-bond acceptors (Lipinski definition) is 4. The van der Waals surface area contributed by atoms with E-state index in [1.165, 1.54) is 0 Å². The highest BCUT2D eigenvalue weighted by molar-refractivity contribution is 8.00. The van der Waals surface area contributed by atoms with Crippen molar-refractivity contribution in [2.24, 2.45) is 4.99 Å². The van der Waals surface area contributed by atoms with Gasteiger partial charge in [-0.25, -0.2) is 4.99 Å². The quantitative estimate of drug-likeness (QED) is 0.680. The molecule has 0 aromatic heterocycles. The fraction of sp³-hybridized carbons (Fsp3) is 0.588. The van der Waals surface area contributed by atoms with Crippen LogP contribution in [0.3, 0.4) is 0 Å². The first kappa shape index (κ1) is 16.3. The third-order valence-electron chi connectivity index (χ3n) is 3.91. The van der Waals surface area contributed by atoms with Gasteiger partial charge in [-0.15, -0.1) is 0 Å².